The number of alkyl halides is 2. The first-order valence-electron chi connectivity index (χ1n) is 21.7. The van der Waals surface area contributed by atoms with E-state index in [0.29, 0.717) is 36.8 Å². The maximum absolute atomic E-state index is 13.8. The predicted molar refractivity (Wildman–Crippen MR) is 229 cm³/mol. The third-order valence-corrected chi connectivity index (χ3v) is 13.2. The number of imide groups is 1. The van der Waals surface area contributed by atoms with E-state index in [0.717, 1.165) is 102 Å². The Labute approximate surface area is 358 Å². The molecule has 6 aliphatic rings. The number of carbonyl (C=O) groups excluding carboxylic acids is 3. The van der Waals surface area contributed by atoms with E-state index in [4.69, 9.17) is 15.6 Å². The molecule has 1 unspecified atom stereocenters. The first-order valence-corrected chi connectivity index (χ1v) is 21.7. The Morgan fingerprint density at radius 2 is 1.85 bits per heavy atom. The van der Waals surface area contributed by atoms with Crippen LogP contribution in [0.25, 0.3) is 11.0 Å². The van der Waals surface area contributed by atoms with Crippen molar-refractivity contribution < 1.29 is 27.9 Å². The summed E-state index contributed by atoms with van der Waals surface area (Å²) in [6, 6.07) is 5.32. The van der Waals surface area contributed by atoms with Crippen LogP contribution in [0, 0.1) is 16.7 Å². The summed E-state index contributed by atoms with van der Waals surface area (Å²) < 4.78 is 36.5. The number of hydrogen-bond acceptors (Lipinski definition) is 13. The van der Waals surface area contributed by atoms with Crippen LogP contribution in [0.4, 0.5) is 8.78 Å². The number of amidine groups is 1. The Bertz CT molecular complexity index is 2270. The summed E-state index contributed by atoms with van der Waals surface area (Å²) in [4.78, 5) is 62.7. The number of amides is 3. The number of imidazole rings is 1. The lowest BCUT2D eigenvalue weighted by Gasteiger charge is -2.38. The summed E-state index contributed by atoms with van der Waals surface area (Å²) in [6.07, 6.45) is 9.27. The summed E-state index contributed by atoms with van der Waals surface area (Å²) >= 11 is 0. The lowest BCUT2D eigenvalue weighted by Crippen LogP contribution is -2.48. The van der Waals surface area contributed by atoms with Crippen molar-refractivity contribution in [3.8, 4) is 0 Å². The minimum Gasteiger partial charge on any atom is -0.386 e. The van der Waals surface area contributed by atoms with Gasteiger partial charge in [0.05, 0.1) is 41.1 Å². The molecule has 2 bridgehead atoms. The topological polar surface area (TPSA) is 205 Å². The highest BCUT2D eigenvalue weighted by Gasteiger charge is 2.40. The van der Waals surface area contributed by atoms with E-state index in [1.54, 1.807) is 23.9 Å². The number of aryl methyl sites for hydroxylation is 2. The van der Waals surface area contributed by atoms with Crippen LogP contribution >= 0.6 is 0 Å². The molecule has 1 saturated carbocycles. The van der Waals surface area contributed by atoms with Gasteiger partial charge in [-0.3, -0.25) is 34.2 Å². The molecular formula is C43H56F2N12O5. The number of carbonyl (C=O) groups is 3. The largest absolute Gasteiger partial charge is 0.386 e. The molecule has 5 aliphatic heterocycles. The van der Waals surface area contributed by atoms with Gasteiger partial charge >= 0.3 is 5.69 Å². The number of nitrogens with one attached hydrogen (secondary N) is 6. The average Bonchev–Trinajstić information content (AvgIpc) is 3.98. The highest BCUT2D eigenvalue weighted by Crippen LogP contribution is 2.30. The van der Waals surface area contributed by atoms with Crippen LogP contribution < -0.4 is 27.0 Å². The molecule has 1 aromatic heterocycles. The van der Waals surface area contributed by atoms with Crippen LogP contribution in [-0.2, 0) is 32.6 Å². The van der Waals surface area contributed by atoms with Gasteiger partial charge in [-0.2, -0.15) is 0 Å². The Morgan fingerprint density at radius 1 is 1.08 bits per heavy atom. The van der Waals surface area contributed by atoms with Crippen molar-refractivity contribution in [2.45, 2.75) is 88.4 Å². The number of nitrogens with zero attached hydrogens (tertiary/aromatic N) is 6. The number of fused-ring (bicyclic) bond motifs is 3. The first kappa shape index (κ1) is 43.1. The molecule has 17 nitrogen and oxygen atoms in total. The molecule has 0 radical (unpaired) electrons. The van der Waals surface area contributed by atoms with Gasteiger partial charge < -0.3 is 40.8 Å². The fourth-order valence-corrected chi connectivity index (χ4v) is 9.80. The number of aliphatic imine (C=N–C) groups is 1. The van der Waals surface area contributed by atoms with Gasteiger partial charge in [0.15, 0.2) is 0 Å². The molecule has 3 atom stereocenters. The Morgan fingerprint density at radius 3 is 2.55 bits per heavy atom. The van der Waals surface area contributed by atoms with E-state index in [2.05, 4.69) is 41.0 Å². The fourth-order valence-electron chi connectivity index (χ4n) is 9.80. The van der Waals surface area contributed by atoms with Crippen LogP contribution in [0.15, 0.2) is 63.6 Å². The summed E-state index contributed by atoms with van der Waals surface area (Å²) in [7, 11) is 1.74. The molecule has 4 saturated heterocycles. The molecule has 2 aromatic rings. The normalized spacial score (nSPS) is 26.7. The number of piperidine rings is 1. The molecular weight excluding hydrogens is 803 g/mol. The van der Waals surface area contributed by atoms with E-state index in [1.807, 2.05) is 18.2 Å². The second kappa shape index (κ2) is 18.8. The summed E-state index contributed by atoms with van der Waals surface area (Å²) in [6.45, 7) is 7.08. The Kier molecular flexibility index (Phi) is 13.1. The zero-order valence-corrected chi connectivity index (χ0v) is 35.0. The van der Waals surface area contributed by atoms with Gasteiger partial charge in [0.1, 0.15) is 23.4 Å². The van der Waals surface area contributed by atoms with Gasteiger partial charge in [-0.25, -0.2) is 18.6 Å². The van der Waals surface area contributed by atoms with Gasteiger partial charge in [-0.1, -0.05) is 12.1 Å². The molecule has 6 N–H and O–H groups in total. The molecule has 1 aliphatic carbocycles. The Balaban J connectivity index is 0.786. The van der Waals surface area contributed by atoms with Crippen molar-refractivity contribution in [2.75, 3.05) is 52.4 Å². The van der Waals surface area contributed by atoms with Crippen LogP contribution in [-0.4, -0.2) is 136 Å². The third-order valence-electron chi connectivity index (χ3n) is 13.2. The zero-order chi connectivity index (χ0) is 43.5. The second-order valence-electron chi connectivity index (χ2n) is 17.2. The predicted octanol–water partition coefficient (Wildman–Crippen LogP) is 2.11. The van der Waals surface area contributed by atoms with Crippen molar-refractivity contribution in [1.82, 2.24) is 45.1 Å². The molecule has 1 aromatic carbocycles. The van der Waals surface area contributed by atoms with Crippen LogP contribution in [0.2, 0.25) is 0 Å². The number of aromatic nitrogens is 2. The number of likely N-dealkylation sites (tertiary alicyclic amines) is 1. The number of ether oxygens (including phenoxy) is 1. The van der Waals surface area contributed by atoms with Gasteiger partial charge in [-0.05, 0) is 81.5 Å². The van der Waals surface area contributed by atoms with E-state index >= 15 is 0 Å². The molecule has 19 heteroatoms. The second-order valence-corrected chi connectivity index (χ2v) is 17.2. The van der Waals surface area contributed by atoms with E-state index < -0.39 is 30.0 Å². The molecule has 8 rings (SSSR count). The Hall–Kier alpha value is -5.53. The van der Waals surface area contributed by atoms with Crippen molar-refractivity contribution in [1.29, 1.82) is 10.8 Å². The number of para-hydroxylation sites is 1. The molecule has 62 heavy (non-hydrogen) atoms. The number of allylic oxidation sites excluding steroid dienone is 1. The van der Waals surface area contributed by atoms with Gasteiger partial charge in [-0.15, -0.1) is 0 Å². The summed E-state index contributed by atoms with van der Waals surface area (Å²) in [5, 5.41) is 26.9. The van der Waals surface area contributed by atoms with Crippen molar-refractivity contribution in [3.63, 3.8) is 0 Å². The molecule has 5 fully saturated rings. The number of piperazine rings is 1. The van der Waals surface area contributed by atoms with E-state index in [9.17, 15) is 28.0 Å². The van der Waals surface area contributed by atoms with Crippen LogP contribution in [0.3, 0.4) is 0 Å². The van der Waals surface area contributed by atoms with Gasteiger partial charge in [0, 0.05) is 77.4 Å². The molecule has 6 heterocycles. The number of morpholine rings is 1. The molecule has 0 spiro atoms. The lowest BCUT2D eigenvalue weighted by molar-refractivity contribution is -0.135. The standard InChI is InChI=1S/C43H56F2N12O5/c1-53-38-27(4-2-6-33(38)57(43(53)61)34-11-12-36(58)52-42(34)60)5-3-15-54-16-18-55(19-17-54)23-26-7-9-28(10-8-26)49-22-32(37(47)39(44)45)50-41(59)31(21-46)40-48-14-13-35(51-40)56-24-30-20-29(56)25-62-30/h2,4,6,13-14,21-22,26,28-30,34,39,46-49H,3,5,7-12,15-20,23-25H2,1H3,(H,50,59)(H,52,58,60)/b32-22+,40-31-,46-21?,47-37?/t26-,28-,29-,30-,34?/m1/s1. The number of hydrogen-bond donors (Lipinski definition) is 6. The highest BCUT2D eigenvalue weighted by atomic mass is 19.3. The average molecular weight is 859 g/mol. The number of benzene rings is 1. The van der Waals surface area contributed by atoms with Crippen molar-refractivity contribution >= 4 is 46.5 Å². The summed E-state index contributed by atoms with van der Waals surface area (Å²) in [5.74, 6) is -0.307. The quantitative estimate of drug-likeness (QED) is 0.0928. The van der Waals surface area contributed by atoms with Gasteiger partial charge in [0.25, 0.3) is 12.3 Å². The van der Waals surface area contributed by atoms with Gasteiger partial charge in [0.2, 0.25) is 11.8 Å². The first-order chi connectivity index (χ1) is 30.0. The monoisotopic (exact) mass is 858 g/mol. The minimum absolute atomic E-state index is 0.00220. The lowest BCUT2D eigenvalue weighted by atomic mass is 9.85. The molecule has 332 valence electrons. The maximum Gasteiger partial charge on any atom is 0.329 e. The third kappa shape index (κ3) is 9.29. The zero-order valence-electron chi connectivity index (χ0n) is 35.0. The highest BCUT2D eigenvalue weighted by molar-refractivity contribution is 6.15. The number of halogens is 2. The SMILES string of the molecule is Cn1c(=O)n(C2CCC(=O)NC2=O)c2cccc(CCCN3CCN(C[C@H]4CC[C@H](N/C=C(/NC(=O)/C(C=N)=C5\N=C(N6C[C@H]7C[C@@H]6CO7)C=CN5)C(=N)C(F)F)CC4)CC3)c21. The molecule has 3 amide bonds. The van der Waals surface area contributed by atoms with E-state index in [1.165, 1.54) is 10.8 Å². The van der Waals surface area contributed by atoms with Crippen LogP contribution in [0.1, 0.15) is 63.0 Å². The van der Waals surface area contributed by atoms with Crippen molar-refractivity contribution in [2.24, 2.45) is 18.0 Å². The van der Waals surface area contributed by atoms with E-state index in [-0.39, 0.29) is 53.3 Å². The van der Waals surface area contributed by atoms with Crippen molar-refractivity contribution in [3.05, 3.63) is 69.8 Å². The minimum atomic E-state index is -3.11. The number of rotatable bonds is 14. The summed E-state index contributed by atoms with van der Waals surface area (Å²) in [5.41, 5.74) is 0.824. The van der Waals surface area contributed by atoms with Crippen LogP contribution in [0.5, 0.6) is 0 Å². The maximum atomic E-state index is 13.8. The fraction of sp³-hybridized carbons (Fsp3) is 0.558. The smallest absolute Gasteiger partial charge is 0.329 e.